The molecule has 0 aromatic heterocycles. The lowest BCUT2D eigenvalue weighted by molar-refractivity contribution is -0.154. The maximum Gasteiger partial charge on any atom is 0.319 e. The molecule has 0 spiro atoms. The molecule has 2 amide bonds. The van der Waals surface area contributed by atoms with Crippen LogP contribution in [0.5, 0.6) is 0 Å². The number of hydrogen-bond acceptors (Lipinski definition) is 3. The van der Waals surface area contributed by atoms with Crippen molar-refractivity contribution in [2.45, 2.75) is 65.9 Å². The van der Waals surface area contributed by atoms with E-state index in [4.69, 9.17) is 4.74 Å². The first-order valence-electron chi connectivity index (χ1n) is 8.64. The fraction of sp³-hybridized carbons (Fsp3) is 0.579. The highest BCUT2D eigenvalue weighted by Crippen LogP contribution is 2.22. The number of anilines is 1. The molecule has 0 heterocycles. The molecule has 5 nitrogen and oxygen atoms in total. The summed E-state index contributed by atoms with van der Waals surface area (Å²) < 4.78 is 5.23. The fourth-order valence-corrected chi connectivity index (χ4v) is 2.39. The smallest absolute Gasteiger partial charge is 0.319 e. The Kier molecular flexibility index (Phi) is 7.75. The summed E-state index contributed by atoms with van der Waals surface area (Å²) in [5.41, 5.74) is 2.67. The van der Waals surface area contributed by atoms with Crippen molar-refractivity contribution in [2.75, 3.05) is 11.9 Å². The highest BCUT2D eigenvalue weighted by Gasteiger charge is 2.16. The van der Waals surface area contributed by atoms with Crippen LogP contribution < -0.4 is 10.6 Å². The maximum atomic E-state index is 12.1. The van der Waals surface area contributed by atoms with E-state index >= 15 is 0 Å². The zero-order valence-electron chi connectivity index (χ0n) is 15.5. The monoisotopic (exact) mass is 334 g/mol. The van der Waals surface area contributed by atoms with Crippen molar-refractivity contribution in [1.29, 1.82) is 0 Å². The second kappa shape index (κ2) is 9.30. The minimum atomic E-state index is -0.470. The minimum absolute atomic E-state index is 0.241. The van der Waals surface area contributed by atoms with E-state index in [2.05, 4.69) is 24.5 Å². The normalized spacial score (nSPS) is 11.0. The Morgan fingerprint density at radius 3 is 2.17 bits per heavy atom. The first-order valence-corrected chi connectivity index (χ1v) is 8.64. The number of hydrogen-bond donors (Lipinski definition) is 2. The van der Waals surface area contributed by atoms with Gasteiger partial charge in [-0.25, -0.2) is 4.79 Å². The number of urea groups is 1. The number of para-hydroxylation sites is 1. The summed E-state index contributed by atoms with van der Waals surface area (Å²) >= 11 is 0. The summed E-state index contributed by atoms with van der Waals surface area (Å²) in [5.74, 6) is -0.241. The number of rotatable bonds is 7. The van der Waals surface area contributed by atoms with E-state index in [0.29, 0.717) is 19.4 Å². The second-order valence-corrected chi connectivity index (χ2v) is 6.73. The van der Waals surface area contributed by atoms with E-state index in [1.165, 1.54) is 0 Å². The van der Waals surface area contributed by atoms with Crippen LogP contribution in [0.25, 0.3) is 0 Å². The Bertz CT molecular complexity index is 540. The number of ether oxygens (including phenoxy) is 1. The van der Waals surface area contributed by atoms with Gasteiger partial charge in [0, 0.05) is 18.7 Å². The lowest BCUT2D eigenvalue weighted by Gasteiger charge is -2.19. The van der Waals surface area contributed by atoms with Crippen LogP contribution >= 0.6 is 0 Å². The molecule has 0 bridgehead atoms. The lowest BCUT2D eigenvalue weighted by Crippen LogP contribution is -2.31. The van der Waals surface area contributed by atoms with Gasteiger partial charge in [-0.15, -0.1) is 0 Å². The molecule has 0 aliphatic carbocycles. The quantitative estimate of drug-likeness (QED) is 0.584. The molecule has 0 saturated carbocycles. The van der Waals surface area contributed by atoms with Crippen LogP contribution in [0.15, 0.2) is 18.2 Å². The molecule has 24 heavy (non-hydrogen) atoms. The van der Waals surface area contributed by atoms with Crippen LogP contribution in [-0.2, 0) is 22.4 Å². The molecule has 0 aliphatic rings. The average Bonchev–Trinajstić information content (AvgIpc) is 2.50. The Hall–Kier alpha value is -2.04. The Balaban J connectivity index is 2.44. The van der Waals surface area contributed by atoms with Crippen molar-refractivity contribution in [3.63, 3.8) is 0 Å². The average molecular weight is 334 g/mol. The summed E-state index contributed by atoms with van der Waals surface area (Å²) in [7, 11) is 0. The third-order valence-corrected chi connectivity index (χ3v) is 3.50. The maximum absolute atomic E-state index is 12.1. The highest BCUT2D eigenvalue weighted by atomic mass is 16.6. The third-order valence-electron chi connectivity index (χ3n) is 3.50. The largest absolute Gasteiger partial charge is 0.460 e. The number of carbonyl (C=O) groups excluding carboxylic acids is 2. The topological polar surface area (TPSA) is 67.4 Å². The van der Waals surface area contributed by atoms with Gasteiger partial charge in [0.25, 0.3) is 0 Å². The molecule has 1 aromatic carbocycles. The number of carbonyl (C=O) groups is 2. The molecular formula is C19H30N2O3. The number of nitrogens with one attached hydrogen (secondary N) is 2. The molecular weight excluding hydrogens is 304 g/mol. The van der Waals surface area contributed by atoms with E-state index in [1.54, 1.807) is 0 Å². The number of esters is 1. The Morgan fingerprint density at radius 2 is 1.67 bits per heavy atom. The van der Waals surface area contributed by atoms with Crippen molar-refractivity contribution in [1.82, 2.24) is 5.32 Å². The number of amides is 2. The van der Waals surface area contributed by atoms with Crippen molar-refractivity contribution in [3.8, 4) is 0 Å². The lowest BCUT2D eigenvalue weighted by atomic mass is 10.0. The SMILES string of the molecule is CCc1cccc(CC)c1NC(=O)NCCCC(=O)OC(C)(C)C. The summed E-state index contributed by atoms with van der Waals surface area (Å²) in [6.07, 6.45) is 2.58. The third kappa shape index (κ3) is 7.02. The molecule has 0 atom stereocenters. The van der Waals surface area contributed by atoms with Crippen molar-refractivity contribution >= 4 is 17.7 Å². The Morgan fingerprint density at radius 1 is 1.08 bits per heavy atom. The second-order valence-electron chi connectivity index (χ2n) is 6.73. The number of benzene rings is 1. The minimum Gasteiger partial charge on any atom is -0.460 e. The van der Waals surface area contributed by atoms with E-state index in [-0.39, 0.29) is 12.0 Å². The Labute approximate surface area is 145 Å². The van der Waals surface area contributed by atoms with Crippen molar-refractivity contribution in [2.24, 2.45) is 0 Å². The van der Waals surface area contributed by atoms with Crippen LogP contribution in [0.3, 0.4) is 0 Å². The number of aryl methyl sites for hydroxylation is 2. The van der Waals surface area contributed by atoms with Gasteiger partial charge in [-0.3, -0.25) is 4.79 Å². The van der Waals surface area contributed by atoms with Crippen molar-refractivity contribution in [3.05, 3.63) is 29.3 Å². The van der Waals surface area contributed by atoms with Gasteiger partial charge in [0.15, 0.2) is 0 Å². The van der Waals surface area contributed by atoms with E-state index in [9.17, 15) is 9.59 Å². The van der Waals surface area contributed by atoms with Crippen LogP contribution in [0.4, 0.5) is 10.5 Å². The summed E-state index contributed by atoms with van der Waals surface area (Å²) in [6.45, 7) is 10.1. The zero-order chi connectivity index (χ0) is 18.2. The molecule has 0 unspecified atom stereocenters. The van der Waals surface area contributed by atoms with E-state index in [1.807, 2.05) is 39.0 Å². The molecule has 2 N–H and O–H groups in total. The van der Waals surface area contributed by atoms with Crippen LogP contribution in [-0.4, -0.2) is 24.1 Å². The molecule has 0 radical (unpaired) electrons. The highest BCUT2D eigenvalue weighted by molar-refractivity contribution is 5.91. The predicted molar refractivity (Wildman–Crippen MR) is 97.3 cm³/mol. The zero-order valence-corrected chi connectivity index (χ0v) is 15.5. The molecule has 0 saturated heterocycles. The van der Waals surface area contributed by atoms with Gasteiger partial charge < -0.3 is 15.4 Å². The van der Waals surface area contributed by atoms with Gasteiger partial charge in [-0.1, -0.05) is 32.0 Å². The standard InChI is InChI=1S/C19H30N2O3/c1-6-14-10-8-11-15(7-2)17(14)21-18(23)20-13-9-12-16(22)24-19(3,4)5/h8,10-11H,6-7,9,12-13H2,1-5H3,(H2,20,21,23). The van der Waals surface area contributed by atoms with Gasteiger partial charge in [0.2, 0.25) is 0 Å². The summed E-state index contributed by atoms with van der Waals surface area (Å²) in [5, 5.41) is 5.74. The molecule has 1 rings (SSSR count). The van der Waals surface area contributed by atoms with Crippen LogP contribution in [0.1, 0.15) is 58.6 Å². The van der Waals surface area contributed by atoms with Gasteiger partial charge in [-0.05, 0) is 51.2 Å². The first-order chi connectivity index (χ1) is 11.3. The van der Waals surface area contributed by atoms with Gasteiger partial charge >= 0.3 is 12.0 Å². The molecule has 5 heteroatoms. The van der Waals surface area contributed by atoms with Gasteiger partial charge in [-0.2, -0.15) is 0 Å². The van der Waals surface area contributed by atoms with Gasteiger partial charge in [0.1, 0.15) is 5.60 Å². The van der Waals surface area contributed by atoms with E-state index < -0.39 is 5.60 Å². The fourth-order valence-electron chi connectivity index (χ4n) is 2.39. The van der Waals surface area contributed by atoms with Crippen LogP contribution in [0.2, 0.25) is 0 Å². The first kappa shape index (κ1) is 20.0. The molecule has 0 aliphatic heterocycles. The molecule has 134 valence electrons. The van der Waals surface area contributed by atoms with Gasteiger partial charge in [0.05, 0.1) is 0 Å². The predicted octanol–water partition coefficient (Wildman–Crippen LogP) is 4.05. The summed E-state index contributed by atoms with van der Waals surface area (Å²) in [4.78, 5) is 23.7. The van der Waals surface area contributed by atoms with E-state index in [0.717, 1.165) is 29.7 Å². The molecule has 1 aromatic rings. The van der Waals surface area contributed by atoms with Crippen LogP contribution in [0, 0.1) is 0 Å². The van der Waals surface area contributed by atoms with Crippen molar-refractivity contribution < 1.29 is 14.3 Å². The summed E-state index contributed by atoms with van der Waals surface area (Å²) in [6, 6.07) is 5.82. The molecule has 0 fully saturated rings.